The van der Waals surface area contributed by atoms with Gasteiger partial charge in [0, 0.05) is 18.8 Å². The van der Waals surface area contributed by atoms with Gasteiger partial charge in [-0.2, -0.15) is 0 Å². The van der Waals surface area contributed by atoms with Crippen molar-refractivity contribution in [2.24, 2.45) is 0 Å². The lowest BCUT2D eigenvalue weighted by molar-refractivity contribution is 0.145. The number of halogens is 1. The molecule has 0 saturated carbocycles. The lowest BCUT2D eigenvalue weighted by Gasteiger charge is -2.31. The minimum Gasteiger partial charge on any atom is -0.396 e. The molecular weight excluding hydrogens is 195 g/mol. The van der Waals surface area contributed by atoms with Crippen LogP contribution in [0.3, 0.4) is 0 Å². The first-order valence-corrected chi connectivity index (χ1v) is 5.15. The van der Waals surface area contributed by atoms with Crippen molar-refractivity contribution < 1.29 is 9.50 Å². The summed E-state index contributed by atoms with van der Waals surface area (Å²) < 4.78 is 12.9. The topological polar surface area (TPSA) is 49.5 Å². The van der Waals surface area contributed by atoms with E-state index in [0.29, 0.717) is 0 Å². The fourth-order valence-electron chi connectivity index (χ4n) is 1.85. The van der Waals surface area contributed by atoms with Crippen molar-refractivity contribution in [2.75, 3.05) is 23.7 Å². The van der Waals surface area contributed by atoms with E-state index in [9.17, 15) is 9.50 Å². The average Bonchev–Trinajstić information content (AvgIpc) is 2.23. The Bertz CT molecular complexity index is 348. The molecule has 2 rings (SSSR count). The van der Waals surface area contributed by atoms with Crippen LogP contribution in [0.25, 0.3) is 0 Å². The molecule has 0 radical (unpaired) electrons. The summed E-state index contributed by atoms with van der Waals surface area (Å²) in [5.41, 5.74) is 6.61. The van der Waals surface area contributed by atoms with Gasteiger partial charge in [-0.3, -0.25) is 0 Å². The van der Waals surface area contributed by atoms with Gasteiger partial charge in [0.15, 0.2) is 0 Å². The van der Waals surface area contributed by atoms with Gasteiger partial charge in [0.25, 0.3) is 0 Å². The van der Waals surface area contributed by atoms with Gasteiger partial charge in [-0.25, -0.2) is 4.39 Å². The Kier molecular flexibility index (Phi) is 2.77. The van der Waals surface area contributed by atoms with Gasteiger partial charge in [0.2, 0.25) is 0 Å². The molecule has 3 nitrogen and oxygen atoms in total. The lowest BCUT2D eigenvalue weighted by atomic mass is 10.1. The maximum Gasteiger partial charge on any atom is 0.146 e. The first-order chi connectivity index (χ1) is 7.16. The van der Waals surface area contributed by atoms with Crippen molar-refractivity contribution in [1.82, 2.24) is 0 Å². The summed E-state index contributed by atoms with van der Waals surface area (Å²) in [5, 5.41) is 9.36. The molecule has 0 spiro atoms. The van der Waals surface area contributed by atoms with Crippen molar-refractivity contribution >= 4 is 11.4 Å². The summed E-state index contributed by atoms with van der Waals surface area (Å²) >= 11 is 0. The fraction of sp³-hybridized carbons (Fsp3) is 0.455. The molecule has 4 heteroatoms. The largest absolute Gasteiger partial charge is 0.396 e. The highest BCUT2D eigenvalue weighted by Gasteiger charge is 2.17. The van der Waals surface area contributed by atoms with Crippen LogP contribution in [-0.4, -0.2) is 24.3 Å². The van der Waals surface area contributed by atoms with Crippen molar-refractivity contribution in [1.29, 1.82) is 0 Å². The standard InChI is InChI=1S/C11H15FN2O/c12-10-2-1-8(7-11(10)13)14-5-3-9(15)4-6-14/h1-2,7,9,15H,3-6,13H2. The summed E-state index contributed by atoms with van der Waals surface area (Å²) in [4.78, 5) is 2.11. The molecule has 0 bridgehead atoms. The second-order valence-electron chi connectivity index (χ2n) is 3.92. The third-order valence-corrected chi connectivity index (χ3v) is 2.81. The van der Waals surface area contributed by atoms with Crippen LogP contribution in [-0.2, 0) is 0 Å². The predicted octanol–water partition coefficient (Wildman–Crippen LogP) is 1.37. The zero-order chi connectivity index (χ0) is 10.8. The Balaban J connectivity index is 2.12. The van der Waals surface area contributed by atoms with Gasteiger partial charge in [0.05, 0.1) is 11.8 Å². The number of anilines is 2. The van der Waals surface area contributed by atoms with E-state index in [0.717, 1.165) is 31.6 Å². The Morgan fingerprint density at radius 3 is 2.60 bits per heavy atom. The highest BCUT2D eigenvalue weighted by molar-refractivity contribution is 5.56. The molecule has 0 aliphatic carbocycles. The molecule has 1 saturated heterocycles. The van der Waals surface area contributed by atoms with E-state index in [1.165, 1.54) is 6.07 Å². The highest BCUT2D eigenvalue weighted by atomic mass is 19.1. The Morgan fingerprint density at radius 1 is 1.33 bits per heavy atom. The van der Waals surface area contributed by atoms with E-state index in [4.69, 9.17) is 5.73 Å². The predicted molar refractivity (Wildman–Crippen MR) is 58.3 cm³/mol. The van der Waals surface area contributed by atoms with E-state index in [1.54, 1.807) is 12.1 Å². The van der Waals surface area contributed by atoms with E-state index in [-0.39, 0.29) is 17.6 Å². The smallest absolute Gasteiger partial charge is 0.146 e. The molecule has 0 aromatic heterocycles. The number of benzene rings is 1. The average molecular weight is 210 g/mol. The maximum atomic E-state index is 12.9. The molecule has 1 aliphatic rings. The third-order valence-electron chi connectivity index (χ3n) is 2.81. The van der Waals surface area contributed by atoms with E-state index < -0.39 is 0 Å². The molecule has 82 valence electrons. The number of piperidine rings is 1. The van der Waals surface area contributed by atoms with Gasteiger partial charge in [-0.1, -0.05) is 0 Å². The van der Waals surface area contributed by atoms with Gasteiger partial charge in [-0.05, 0) is 31.0 Å². The van der Waals surface area contributed by atoms with Gasteiger partial charge in [0.1, 0.15) is 5.82 Å². The van der Waals surface area contributed by atoms with Crippen LogP contribution < -0.4 is 10.6 Å². The minimum atomic E-state index is -0.379. The van der Waals surface area contributed by atoms with Crippen LogP contribution in [0.2, 0.25) is 0 Å². The summed E-state index contributed by atoms with van der Waals surface area (Å²) in [6.07, 6.45) is 1.33. The SMILES string of the molecule is Nc1cc(N2CCC(O)CC2)ccc1F. The van der Waals surface area contributed by atoms with Crippen molar-refractivity contribution in [3.63, 3.8) is 0 Å². The number of rotatable bonds is 1. The van der Waals surface area contributed by atoms with Crippen molar-refractivity contribution in [2.45, 2.75) is 18.9 Å². The molecule has 1 heterocycles. The first kappa shape index (κ1) is 10.2. The lowest BCUT2D eigenvalue weighted by Crippen LogP contribution is -2.35. The third kappa shape index (κ3) is 2.21. The quantitative estimate of drug-likeness (QED) is 0.688. The van der Waals surface area contributed by atoms with Crippen LogP contribution in [0, 0.1) is 5.82 Å². The maximum absolute atomic E-state index is 12.9. The number of hydrogen-bond acceptors (Lipinski definition) is 3. The molecule has 1 fully saturated rings. The van der Waals surface area contributed by atoms with Gasteiger partial charge in [-0.15, -0.1) is 0 Å². The van der Waals surface area contributed by atoms with Crippen LogP contribution in [0.15, 0.2) is 18.2 Å². The molecular formula is C11H15FN2O. The summed E-state index contributed by atoms with van der Waals surface area (Å²) in [6.45, 7) is 1.60. The molecule has 0 unspecified atom stereocenters. The molecule has 15 heavy (non-hydrogen) atoms. The van der Waals surface area contributed by atoms with E-state index in [2.05, 4.69) is 4.90 Å². The molecule has 1 aromatic carbocycles. The number of nitrogen functional groups attached to an aromatic ring is 1. The number of aliphatic hydroxyl groups excluding tert-OH is 1. The monoisotopic (exact) mass is 210 g/mol. The van der Waals surface area contributed by atoms with Gasteiger partial charge < -0.3 is 15.7 Å². The summed E-state index contributed by atoms with van der Waals surface area (Å²) in [5.74, 6) is -0.379. The van der Waals surface area contributed by atoms with Gasteiger partial charge >= 0.3 is 0 Å². The molecule has 1 aromatic rings. The molecule has 1 aliphatic heterocycles. The van der Waals surface area contributed by atoms with E-state index >= 15 is 0 Å². The van der Waals surface area contributed by atoms with Crippen LogP contribution in [0.4, 0.5) is 15.8 Å². The van der Waals surface area contributed by atoms with Crippen LogP contribution in [0.1, 0.15) is 12.8 Å². The summed E-state index contributed by atoms with van der Waals surface area (Å²) in [7, 11) is 0. The van der Waals surface area contributed by atoms with Crippen molar-refractivity contribution in [3.8, 4) is 0 Å². The highest BCUT2D eigenvalue weighted by Crippen LogP contribution is 2.23. The number of nitrogens with zero attached hydrogens (tertiary/aromatic N) is 1. The second-order valence-corrected chi connectivity index (χ2v) is 3.92. The normalized spacial score (nSPS) is 18.1. The minimum absolute atomic E-state index is 0.179. The Hall–Kier alpha value is -1.29. The van der Waals surface area contributed by atoms with Crippen LogP contribution in [0.5, 0.6) is 0 Å². The molecule has 0 amide bonds. The van der Waals surface area contributed by atoms with Crippen LogP contribution >= 0.6 is 0 Å². The number of nitrogens with two attached hydrogens (primary N) is 1. The fourth-order valence-corrected chi connectivity index (χ4v) is 1.85. The second kappa shape index (κ2) is 4.06. The first-order valence-electron chi connectivity index (χ1n) is 5.15. The van der Waals surface area contributed by atoms with Crippen molar-refractivity contribution in [3.05, 3.63) is 24.0 Å². The zero-order valence-electron chi connectivity index (χ0n) is 8.49. The number of aliphatic hydroxyl groups is 1. The molecule has 0 atom stereocenters. The molecule has 3 N–H and O–H groups in total. The zero-order valence-corrected chi connectivity index (χ0v) is 8.49. The Morgan fingerprint density at radius 2 is 2.00 bits per heavy atom. The Labute approximate surface area is 88.3 Å². The summed E-state index contributed by atoms with van der Waals surface area (Å²) in [6, 6.07) is 4.76. The number of hydrogen-bond donors (Lipinski definition) is 2. The van der Waals surface area contributed by atoms with E-state index in [1.807, 2.05) is 0 Å².